The highest BCUT2D eigenvalue weighted by Gasteiger charge is 2.25. The molecule has 3 nitrogen and oxygen atoms in total. The van der Waals surface area contributed by atoms with Crippen LogP contribution in [-0.4, -0.2) is 18.2 Å². The molecule has 1 aliphatic heterocycles. The van der Waals surface area contributed by atoms with Gasteiger partial charge in [0.15, 0.2) is 0 Å². The molecule has 0 unspecified atom stereocenters. The molecule has 3 heteroatoms. The van der Waals surface area contributed by atoms with Gasteiger partial charge >= 0.3 is 0 Å². The molecule has 0 spiro atoms. The molecule has 0 atom stereocenters. The van der Waals surface area contributed by atoms with Crippen molar-refractivity contribution in [3.63, 3.8) is 0 Å². The van der Waals surface area contributed by atoms with Gasteiger partial charge in [-0.15, -0.1) is 0 Å². The number of fused-ring (bicyclic) bond motifs is 1. The second-order valence-electron chi connectivity index (χ2n) is 6.17. The first-order valence-corrected chi connectivity index (χ1v) is 8.33. The fourth-order valence-corrected chi connectivity index (χ4v) is 3.02. The van der Waals surface area contributed by atoms with Crippen molar-refractivity contribution in [1.82, 2.24) is 0 Å². The van der Waals surface area contributed by atoms with Gasteiger partial charge in [-0.25, -0.2) is 0 Å². The number of aliphatic imine (C=N–C) groups is 1. The first kappa shape index (κ1) is 15.3. The lowest BCUT2D eigenvalue weighted by molar-refractivity contribution is 0.0992. The minimum Gasteiger partial charge on any atom is -0.302 e. The van der Waals surface area contributed by atoms with E-state index in [0.717, 1.165) is 22.6 Å². The van der Waals surface area contributed by atoms with Crippen LogP contribution in [0.1, 0.15) is 21.5 Å². The number of anilines is 1. The lowest BCUT2D eigenvalue weighted by Gasteiger charge is -2.22. The Kier molecular flexibility index (Phi) is 3.90. The van der Waals surface area contributed by atoms with Crippen molar-refractivity contribution in [3.05, 3.63) is 95.6 Å². The highest BCUT2D eigenvalue weighted by Crippen LogP contribution is 2.28. The van der Waals surface area contributed by atoms with E-state index in [1.165, 1.54) is 5.56 Å². The number of nitrogens with zero attached hydrogens (tertiary/aromatic N) is 2. The molecule has 1 amide bonds. The van der Waals surface area contributed by atoms with Crippen molar-refractivity contribution < 1.29 is 4.79 Å². The normalized spacial score (nSPS) is 13.9. The molecule has 0 aliphatic carbocycles. The Bertz CT molecular complexity index is 943. The molecular formula is C22H18N2O. The van der Waals surface area contributed by atoms with E-state index >= 15 is 0 Å². The standard InChI is InChI=1S/C22H18N2O/c1-16-11-13-18(14-12-16)24-15-21(17-7-3-2-4-8-17)23-20-10-6-5-9-19(20)22(24)25/h2-14H,15H2,1H3. The van der Waals surface area contributed by atoms with Gasteiger partial charge in [-0.05, 0) is 36.8 Å². The van der Waals surface area contributed by atoms with Crippen LogP contribution in [0.25, 0.3) is 0 Å². The zero-order valence-corrected chi connectivity index (χ0v) is 14.0. The van der Waals surface area contributed by atoms with Crippen molar-refractivity contribution in [1.29, 1.82) is 0 Å². The van der Waals surface area contributed by atoms with Gasteiger partial charge < -0.3 is 4.90 Å². The number of amides is 1. The van der Waals surface area contributed by atoms with Gasteiger partial charge in [0.05, 0.1) is 23.5 Å². The van der Waals surface area contributed by atoms with Crippen LogP contribution >= 0.6 is 0 Å². The minimum atomic E-state index is -0.0193. The highest BCUT2D eigenvalue weighted by molar-refractivity contribution is 6.17. The molecule has 3 aromatic rings. The molecule has 0 radical (unpaired) electrons. The molecule has 3 aromatic carbocycles. The van der Waals surface area contributed by atoms with E-state index in [-0.39, 0.29) is 5.91 Å². The monoisotopic (exact) mass is 326 g/mol. The molecule has 25 heavy (non-hydrogen) atoms. The molecule has 122 valence electrons. The first-order valence-electron chi connectivity index (χ1n) is 8.33. The Hall–Kier alpha value is -3.20. The molecular weight excluding hydrogens is 308 g/mol. The van der Waals surface area contributed by atoms with Gasteiger partial charge in [-0.2, -0.15) is 0 Å². The predicted octanol–water partition coefficient (Wildman–Crippen LogP) is 4.78. The summed E-state index contributed by atoms with van der Waals surface area (Å²) in [7, 11) is 0. The summed E-state index contributed by atoms with van der Waals surface area (Å²) < 4.78 is 0. The van der Waals surface area contributed by atoms with Gasteiger partial charge in [0, 0.05) is 5.69 Å². The lowest BCUT2D eigenvalue weighted by Crippen LogP contribution is -2.34. The average Bonchev–Trinajstić information content (AvgIpc) is 2.80. The maximum Gasteiger partial charge on any atom is 0.260 e. The Morgan fingerprint density at radius 1 is 0.840 bits per heavy atom. The number of benzene rings is 3. The zero-order valence-electron chi connectivity index (χ0n) is 14.0. The second kappa shape index (κ2) is 6.36. The van der Waals surface area contributed by atoms with Crippen molar-refractivity contribution in [2.75, 3.05) is 11.4 Å². The van der Waals surface area contributed by atoms with E-state index in [1.54, 1.807) is 4.90 Å². The average molecular weight is 326 g/mol. The summed E-state index contributed by atoms with van der Waals surface area (Å²) in [4.78, 5) is 19.8. The quantitative estimate of drug-likeness (QED) is 0.667. The summed E-state index contributed by atoms with van der Waals surface area (Å²) in [6, 6.07) is 25.6. The number of carbonyl (C=O) groups excluding carboxylic acids is 1. The van der Waals surface area contributed by atoms with Crippen molar-refractivity contribution >= 4 is 23.0 Å². The largest absolute Gasteiger partial charge is 0.302 e. The fraction of sp³-hybridized carbons (Fsp3) is 0.0909. The van der Waals surface area contributed by atoms with E-state index in [2.05, 4.69) is 0 Å². The first-order chi connectivity index (χ1) is 12.2. The molecule has 1 aliphatic rings. The third-order valence-electron chi connectivity index (χ3n) is 4.40. The van der Waals surface area contributed by atoms with E-state index in [4.69, 9.17) is 4.99 Å². The maximum absolute atomic E-state index is 13.2. The molecule has 0 N–H and O–H groups in total. The van der Waals surface area contributed by atoms with Gasteiger partial charge in [0.25, 0.3) is 5.91 Å². The van der Waals surface area contributed by atoms with Crippen LogP contribution in [0.5, 0.6) is 0 Å². The Morgan fingerprint density at radius 3 is 2.28 bits per heavy atom. The van der Waals surface area contributed by atoms with Crippen molar-refractivity contribution in [2.24, 2.45) is 4.99 Å². The summed E-state index contributed by atoms with van der Waals surface area (Å²) >= 11 is 0. The summed E-state index contributed by atoms with van der Waals surface area (Å²) in [6.45, 7) is 2.49. The van der Waals surface area contributed by atoms with Gasteiger partial charge in [0.1, 0.15) is 0 Å². The van der Waals surface area contributed by atoms with Gasteiger partial charge in [-0.1, -0.05) is 60.2 Å². The second-order valence-corrected chi connectivity index (χ2v) is 6.17. The maximum atomic E-state index is 13.2. The fourth-order valence-electron chi connectivity index (χ4n) is 3.02. The smallest absolute Gasteiger partial charge is 0.260 e. The van der Waals surface area contributed by atoms with E-state index in [9.17, 15) is 4.79 Å². The minimum absolute atomic E-state index is 0.0193. The molecule has 0 saturated carbocycles. The molecule has 4 rings (SSSR count). The molecule has 0 bridgehead atoms. The SMILES string of the molecule is Cc1ccc(N2CC(c3ccccc3)=Nc3ccccc3C2=O)cc1. The van der Waals surface area contributed by atoms with Crippen LogP contribution in [0.4, 0.5) is 11.4 Å². The van der Waals surface area contributed by atoms with Crippen LogP contribution in [0.3, 0.4) is 0 Å². The number of para-hydroxylation sites is 1. The molecule has 1 heterocycles. The number of carbonyl (C=O) groups is 1. The number of aryl methyl sites for hydroxylation is 1. The summed E-state index contributed by atoms with van der Waals surface area (Å²) in [5.74, 6) is -0.0193. The Labute approximate surface area is 147 Å². The third kappa shape index (κ3) is 2.96. The summed E-state index contributed by atoms with van der Waals surface area (Å²) in [5.41, 5.74) is 5.33. The van der Waals surface area contributed by atoms with Gasteiger partial charge in [0.2, 0.25) is 0 Å². The lowest BCUT2D eigenvalue weighted by atomic mass is 10.1. The van der Waals surface area contributed by atoms with E-state index in [0.29, 0.717) is 12.1 Å². The van der Waals surface area contributed by atoms with Crippen LogP contribution in [0.15, 0.2) is 83.9 Å². The van der Waals surface area contributed by atoms with Crippen LogP contribution in [0.2, 0.25) is 0 Å². The van der Waals surface area contributed by atoms with E-state index < -0.39 is 0 Å². The predicted molar refractivity (Wildman–Crippen MR) is 102 cm³/mol. The zero-order chi connectivity index (χ0) is 17.2. The Morgan fingerprint density at radius 2 is 1.52 bits per heavy atom. The number of rotatable bonds is 2. The van der Waals surface area contributed by atoms with Gasteiger partial charge in [-0.3, -0.25) is 9.79 Å². The van der Waals surface area contributed by atoms with E-state index in [1.807, 2.05) is 85.8 Å². The summed E-state index contributed by atoms with van der Waals surface area (Å²) in [6.07, 6.45) is 0. The van der Waals surface area contributed by atoms with Crippen molar-refractivity contribution in [3.8, 4) is 0 Å². The number of hydrogen-bond donors (Lipinski definition) is 0. The van der Waals surface area contributed by atoms with Crippen LogP contribution in [0, 0.1) is 6.92 Å². The molecule has 0 fully saturated rings. The van der Waals surface area contributed by atoms with Crippen molar-refractivity contribution in [2.45, 2.75) is 6.92 Å². The molecule has 0 aromatic heterocycles. The Balaban J connectivity index is 1.86. The molecule has 0 saturated heterocycles. The van der Waals surface area contributed by atoms with Crippen LogP contribution in [-0.2, 0) is 0 Å². The third-order valence-corrected chi connectivity index (χ3v) is 4.40. The topological polar surface area (TPSA) is 32.7 Å². The number of hydrogen-bond acceptors (Lipinski definition) is 2. The highest BCUT2D eigenvalue weighted by atomic mass is 16.2. The summed E-state index contributed by atoms with van der Waals surface area (Å²) in [5, 5.41) is 0. The van der Waals surface area contributed by atoms with Crippen LogP contribution < -0.4 is 4.90 Å².